The van der Waals surface area contributed by atoms with Crippen molar-refractivity contribution in [2.24, 2.45) is 4.99 Å². The molecular formula is C28H33Cl2FN4O5S2. The van der Waals surface area contributed by atoms with Crippen molar-refractivity contribution in [2.45, 2.75) is 44.7 Å². The number of amides is 1. The maximum Gasteiger partial charge on any atom is 0.325 e. The minimum atomic E-state index is -0.580. The monoisotopic (exact) mass is 658 g/mol. The molecule has 0 N–H and O–H groups in total. The summed E-state index contributed by atoms with van der Waals surface area (Å²) in [6.07, 6.45) is 1.90. The van der Waals surface area contributed by atoms with Crippen molar-refractivity contribution >= 4 is 69.6 Å². The summed E-state index contributed by atoms with van der Waals surface area (Å²) in [5.74, 6) is -1.04. The Morgan fingerprint density at radius 2 is 1.81 bits per heavy atom. The Kier molecular flexibility index (Phi) is 13.1. The van der Waals surface area contributed by atoms with Crippen LogP contribution in [0.4, 0.5) is 15.8 Å². The van der Waals surface area contributed by atoms with Crippen LogP contribution < -0.4 is 14.6 Å². The highest BCUT2D eigenvalue weighted by molar-refractivity contribution is 8.00. The average molecular weight is 660 g/mol. The minimum absolute atomic E-state index is 0.0164. The molecule has 228 valence electrons. The van der Waals surface area contributed by atoms with Gasteiger partial charge in [-0.05, 0) is 61.3 Å². The number of benzene rings is 2. The molecule has 42 heavy (non-hydrogen) atoms. The molecule has 0 saturated carbocycles. The van der Waals surface area contributed by atoms with Crippen molar-refractivity contribution in [1.29, 1.82) is 0 Å². The SMILES string of the molecule is COC(=O)CSc1cc(/N=c2\sc(=O)n3n2CCCC3)c(F)cc1Cl.COCCN(C(=O)CCl)c1c(C)cccc1C. The Bertz CT molecular complexity index is 1520. The van der Waals surface area contributed by atoms with E-state index in [1.165, 1.54) is 13.2 Å². The first-order chi connectivity index (χ1) is 20.1. The third kappa shape index (κ3) is 8.70. The van der Waals surface area contributed by atoms with Crippen molar-refractivity contribution < 1.29 is 23.5 Å². The van der Waals surface area contributed by atoms with Crippen LogP contribution in [0.1, 0.15) is 24.0 Å². The van der Waals surface area contributed by atoms with Gasteiger partial charge in [-0.15, -0.1) is 23.4 Å². The van der Waals surface area contributed by atoms with Crippen LogP contribution in [-0.2, 0) is 32.2 Å². The Morgan fingerprint density at radius 3 is 2.43 bits per heavy atom. The summed E-state index contributed by atoms with van der Waals surface area (Å²) in [4.78, 5) is 42.1. The van der Waals surface area contributed by atoms with E-state index in [4.69, 9.17) is 27.9 Å². The number of carbonyl (C=O) groups is 2. The Balaban J connectivity index is 0.000000250. The molecule has 14 heteroatoms. The zero-order valence-electron chi connectivity index (χ0n) is 23.8. The predicted molar refractivity (Wildman–Crippen MR) is 166 cm³/mol. The molecule has 0 aliphatic carbocycles. The maximum atomic E-state index is 14.3. The van der Waals surface area contributed by atoms with Crippen molar-refractivity contribution in [3.05, 3.63) is 66.8 Å². The Morgan fingerprint density at radius 1 is 1.14 bits per heavy atom. The standard InChI is InChI=1S/C15H15ClFN3O3S2.C13H18ClNO2/c1-23-13(21)8-24-12-7-11(10(17)6-9(12)16)18-14-19-4-2-3-5-20(19)15(22)25-14;1-10-5-4-6-11(2)13(10)15(7-8-17-3)12(16)9-14/h6-7H,2-5,8H2,1H3;4-6H,7-9H2,1-3H3/b18-14-;. The van der Waals surface area contributed by atoms with Gasteiger partial charge in [-0.2, -0.15) is 0 Å². The van der Waals surface area contributed by atoms with Crippen LogP contribution >= 0.6 is 46.3 Å². The van der Waals surface area contributed by atoms with Crippen molar-refractivity contribution in [3.8, 4) is 0 Å². The molecule has 1 amide bonds. The number of thioether (sulfide) groups is 1. The van der Waals surface area contributed by atoms with Crippen LogP contribution in [0.25, 0.3) is 0 Å². The smallest absolute Gasteiger partial charge is 0.325 e. The van der Waals surface area contributed by atoms with Crippen LogP contribution in [0.3, 0.4) is 0 Å². The number of alkyl halides is 1. The molecule has 0 radical (unpaired) electrons. The average Bonchev–Trinajstić information content (AvgIpc) is 3.30. The molecule has 9 nitrogen and oxygen atoms in total. The topological polar surface area (TPSA) is 95.1 Å². The molecular weight excluding hydrogens is 626 g/mol. The van der Waals surface area contributed by atoms with E-state index in [0.29, 0.717) is 35.9 Å². The van der Waals surface area contributed by atoms with E-state index in [-0.39, 0.29) is 33.1 Å². The van der Waals surface area contributed by atoms with Crippen molar-refractivity contribution in [3.63, 3.8) is 0 Å². The summed E-state index contributed by atoms with van der Waals surface area (Å²) >= 11 is 13.8. The number of carbonyl (C=O) groups excluding carboxylic acids is 2. The van der Waals surface area contributed by atoms with Gasteiger partial charge in [0, 0.05) is 37.3 Å². The second kappa shape index (κ2) is 16.3. The fraction of sp³-hybridized carbons (Fsp3) is 0.429. The first kappa shape index (κ1) is 33.9. The lowest BCUT2D eigenvalue weighted by Gasteiger charge is -2.25. The summed E-state index contributed by atoms with van der Waals surface area (Å²) in [6, 6.07) is 8.60. The van der Waals surface area contributed by atoms with Gasteiger partial charge in [-0.1, -0.05) is 29.8 Å². The van der Waals surface area contributed by atoms with Crippen molar-refractivity contribution in [2.75, 3.05) is 43.9 Å². The van der Waals surface area contributed by atoms with Gasteiger partial charge in [0.05, 0.1) is 24.5 Å². The maximum absolute atomic E-state index is 14.3. The van der Waals surface area contributed by atoms with Gasteiger partial charge < -0.3 is 14.4 Å². The first-order valence-corrected chi connectivity index (χ1v) is 15.8. The number of para-hydroxylation sites is 1. The second-order valence-corrected chi connectivity index (χ2v) is 11.8. The van der Waals surface area contributed by atoms with Crippen LogP contribution in [0, 0.1) is 19.7 Å². The number of fused-ring (bicyclic) bond motifs is 1. The number of aryl methyl sites for hydroxylation is 2. The number of hydrogen-bond donors (Lipinski definition) is 0. The lowest BCUT2D eigenvalue weighted by atomic mass is 10.1. The normalized spacial score (nSPS) is 12.8. The number of aromatic nitrogens is 2. The van der Waals surface area contributed by atoms with Crippen molar-refractivity contribution in [1.82, 2.24) is 9.36 Å². The summed E-state index contributed by atoms with van der Waals surface area (Å²) in [6.45, 7) is 6.32. The number of methoxy groups -OCH3 is 2. The molecule has 0 spiro atoms. The number of nitrogens with zero attached hydrogens (tertiary/aromatic N) is 4. The second-order valence-electron chi connectivity index (χ2n) is 9.23. The molecule has 2 heterocycles. The molecule has 0 saturated heterocycles. The van der Waals surface area contributed by atoms with E-state index >= 15 is 0 Å². The molecule has 0 fully saturated rings. The van der Waals surface area contributed by atoms with Gasteiger partial charge >= 0.3 is 10.8 Å². The van der Waals surface area contributed by atoms with Gasteiger partial charge in [-0.25, -0.2) is 14.1 Å². The lowest BCUT2D eigenvalue weighted by Crippen LogP contribution is -2.35. The van der Waals surface area contributed by atoms with Gasteiger partial charge in [0.15, 0.2) is 0 Å². The molecule has 1 aliphatic rings. The number of anilines is 1. The van der Waals surface area contributed by atoms with Crippen LogP contribution in [0.15, 0.2) is 45.0 Å². The molecule has 3 aromatic rings. The summed E-state index contributed by atoms with van der Waals surface area (Å²) in [5, 5.41) is 0.199. The summed E-state index contributed by atoms with van der Waals surface area (Å²) < 4.78 is 27.3. The zero-order valence-corrected chi connectivity index (χ0v) is 27.0. The molecule has 0 atom stereocenters. The predicted octanol–water partition coefficient (Wildman–Crippen LogP) is 5.32. The number of esters is 1. The summed E-state index contributed by atoms with van der Waals surface area (Å²) in [5.41, 5.74) is 3.16. The third-order valence-electron chi connectivity index (χ3n) is 6.33. The number of halogens is 3. The van der Waals surface area contributed by atoms with E-state index in [1.807, 2.05) is 32.0 Å². The molecule has 0 unspecified atom stereocenters. The zero-order chi connectivity index (χ0) is 30.8. The fourth-order valence-corrected chi connectivity index (χ4v) is 6.41. The van der Waals surface area contributed by atoms with E-state index in [9.17, 15) is 18.8 Å². The van der Waals surface area contributed by atoms with Crippen LogP contribution in [-0.4, -0.2) is 60.2 Å². The Hall–Kier alpha value is -2.64. The lowest BCUT2D eigenvalue weighted by molar-refractivity contribution is -0.137. The highest BCUT2D eigenvalue weighted by Gasteiger charge is 2.18. The Labute approximate surface area is 261 Å². The van der Waals surface area contributed by atoms with E-state index in [2.05, 4.69) is 9.73 Å². The van der Waals surface area contributed by atoms with E-state index < -0.39 is 11.8 Å². The molecule has 0 bridgehead atoms. The molecule has 2 aromatic carbocycles. The van der Waals surface area contributed by atoms with Crippen LogP contribution in [0.2, 0.25) is 5.02 Å². The van der Waals surface area contributed by atoms with Gasteiger partial charge in [-0.3, -0.25) is 19.1 Å². The number of hydrogen-bond acceptors (Lipinski definition) is 8. The quantitative estimate of drug-likeness (QED) is 0.176. The third-order valence-corrected chi connectivity index (χ3v) is 8.88. The number of ether oxygens (including phenoxy) is 2. The van der Waals surface area contributed by atoms with E-state index in [1.54, 1.807) is 21.4 Å². The molecule has 4 rings (SSSR count). The highest BCUT2D eigenvalue weighted by Crippen LogP contribution is 2.33. The van der Waals surface area contributed by atoms with Gasteiger partial charge in [0.1, 0.15) is 17.4 Å². The highest BCUT2D eigenvalue weighted by atomic mass is 35.5. The summed E-state index contributed by atoms with van der Waals surface area (Å²) in [7, 11) is 2.92. The van der Waals surface area contributed by atoms with Gasteiger partial charge in [0.2, 0.25) is 10.7 Å². The minimum Gasteiger partial charge on any atom is -0.468 e. The first-order valence-electron chi connectivity index (χ1n) is 13.1. The van der Waals surface area contributed by atoms with Crippen LogP contribution in [0.5, 0.6) is 0 Å². The number of rotatable bonds is 9. The molecule has 1 aromatic heterocycles. The largest absolute Gasteiger partial charge is 0.468 e. The molecule has 1 aliphatic heterocycles. The van der Waals surface area contributed by atoms with Gasteiger partial charge in [0.25, 0.3) is 0 Å². The van der Waals surface area contributed by atoms with E-state index in [0.717, 1.165) is 58.8 Å². The fourth-order valence-electron chi connectivity index (χ4n) is 4.28.